The van der Waals surface area contributed by atoms with Crippen LogP contribution in [0.15, 0.2) is 46.9 Å². The van der Waals surface area contributed by atoms with Gasteiger partial charge in [0, 0.05) is 15.5 Å². The van der Waals surface area contributed by atoms with E-state index in [9.17, 15) is 4.79 Å². The number of nitrogen functional groups attached to an aromatic ring is 1. The van der Waals surface area contributed by atoms with E-state index in [1.165, 1.54) is 16.4 Å². The van der Waals surface area contributed by atoms with Gasteiger partial charge in [-0.3, -0.25) is 4.79 Å². The van der Waals surface area contributed by atoms with Crippen molar-refractivity contribution in [2.45, 2.75) is 11.7 Å². The summed E-state index contributed by atoms with van der Waals surface area (Å²) in [7, 11) is 0. The van der Waals surface area contributed by atoms with E-state index in [4.69, 9.17) is 17.4 Å². The Morgan fingerprint density at radius 3 is 2.96 bits per heavy atom. The summed E-state index contributed by atoms with van der Waals surface area (Å²) in [5, 5.41) is 14.0. The zero-order valence-corrected chi connectivity index (χ0v) is 14.9. The quantitative estimate of drug-likeness (QED) is 0.508. The second-order valence-corrected chi connectivity index (χ2v) is 7.24. The van der Waals surface area contributed by atoms with Crippen LogP contribution in [0.2, 0.25) is 5.02 Å². The van der Waals surface area contributed by atoms with Gasteiger partial charge in [-0.25, -0.2) is 4.68 Å². The number of thioether (sulfide) groups is 1. The summed E-state index contributed by atoms with van der Waals surface area (Å²) >= 11 is 8.82. The fraction of sp³-hybridized carbons (Fsp3) is 0.133. The van der Waals surface area contributed by atoms with E-state index in [1.807, 2.05) is 29.6 Å². The van der Waals surface area contributed by atoms with Gasteiger partial charge in [-0.1, -0.05) is 41.6 Å². The molecule has 124 valence electrons. The summed E-state index contributed by atoms with van der Waals surface area (Å²) in [6.07, 6.45) is 0. The van der Waals surface area contributed by atoms with Crippen molar-refractivity contribution in [1.82, 2.24) is 20.2 Å². The van der Waals surface area contributed by atoms with Crippen LogP contribution in [0, 0.1) is 0 Å². The highest BCUT2D eigenvalue weighted by molar-refractivity contribution is 7.99. The van der Waals surface area contributed by atoms with E-state index in [0.717, 1.165) is 10.4 Å². The number of nitrogens with two attached hydrogens (primary N) is 1. The molecule has 1 aromatic carbocycles. The number of amides is 1. The number of benzene rings is 1. The molecule has 0 aliphatic rings. The lowest BCUT2D eigenvalue weighted by atomic mass is 10.2. The summed E-state index contributed by atoms with van der Waals surface area (Å²) < 4.78 is 1.36. The zero-order valence-electron chi connectivity index (χ0n) is 12.5. The zero-order chi connectivity index (χ0) is 16.9. The molecule has 24 heavy (non-hydrogen) atoms. The molecule has 0 saturated carbocycles. The fourth-order valence-corrected chi connectivity index (χ4v) is 3.50. The van der Waals surface area contributed by atoms with Crippen LogP contribution >= 0.6 is 34.7 Å². The number of carbonyl (C=O) groups is 1. The van der Waals surface area contributed by atoms with Gasteiger partial charge in [0.25, 0.3) is 0 Å². The van der Waals surface area contributed by atoms with Crippen molar-refractivity contribution < 1.29 is 4.79 Å². The molecule has 2 heterocycles. The van der Waals surface area contributed by atoms with Crippen LogP contribution in [-0.2, 0) is 11.3 Å². The minimum atomic E-state index is -0.0827. The average Bonchev–Trinajstić information content (AvgIpc) is 3.21. The molecule has 0 fully saturated rings. The smallest absolute Gasteiger partial charge is 0.230 e. The number of aromatic nitrogens is 3. The lowest BCUT2D eigenvalue weighted by Crippen LogP contribution is -2.24. The van der Waals surface area contributed by atoms with Gasteiger partial charge in [-0.2, -0.15) is 0 Å². The number of rotatable bonds is 6. The number of carbonyl (C=O) groups excluding carboxylic acids is 1. The van der Waals surface area contributed by atoms with Gasteiger partial charge in [0.1, 0.15) is 0 Å². The van der Waals surface area contributed by atoms with Crippen molar-refractivity contribution in [2.24, 2.45) is 0 Å². The molecular weight excluding hydrogens is 366 g/mol. The first-order chi connectivity index (χ1) is 11.6. The van der Waals surface area contributed by atoms with Crippen molar-refractivity contribution in [1.29, 1.82) is 0 Å². The molecule has 6 nitrogen and oxygen atoms in total. The Morgan fingerprint density at radius 1 is 1.33 bits per heavy atom. The normalized spacial score (nSPS) is 10.7. The highest BCUT2D eigenvalue weighted by Gasteiger charge is 2.14. The maximum Gasteiger partial charge on any atom is 0.230 e. The average molecular weight is 380 g/mol. The molecule has 9 heteroatoms. The molecule has 3 rings (SSSR count). The third-order valence-corrected chi connectivity index (χ3v) is 5.17. The molecule has 0 saturated heterocycles. The Balaban J connectivity index is 1.59. The van der Waals surface area contributed by atoms with E-state index in [2.05, 4.69) is 15.5 Å². The molecule has 0 aliphatic carbocycles. The van der Waals surface area contributed by atoms with E-state index in [1.54, 1.807) is 23.5 Å². The standard InChI is InChI=1S/C15H14ClN5OS2/c16-11-4-1-3-10(7-11)14-19-20-15(21(14)17)24-9-13(22)18-8-12-5-2-6-23-12/h1-7H,8-9,17H2,(H,18,22). The van der Waals surface area contributed by atoms with Crippen LogP contribution < -0.4 is 11.2 Å². The second kappa shape index (κ2) is 7.69. The van der Waals surface area contributed by atoms with Crippen molar-refractivity contribution >= 4 is 40.6 Å². The van der Waals surface area contributed by atoms with Crippen molar-refractivity contribution in [3.63, 3.8) is 0 Å². The van der Waals surface area contributed by atoms with Gasteiger partial charge in [0.2, 0.25) is 11.1 Å². The molecule has 2 aromatic heterocycles. The predicted octanol–water partition coefficient (Wildman–Crippen LogP) is 2.78. The van der Waals surface area contributed by atoms with Gasteiger partial charge in [-0.05, 0) is 23.6 Å². The highest BCUT2D eigenvalue weighted by atomic mass is 35.5. The van der Waals surface area contributed by atoms with Crippen molar-refractivity contribution in [3.8, 4) is 11.4 Å². The molecule has 3 aromatic rings. The summed E-state index contributed by atoms with van der Waals surface area (Å²) in [5.74, 6) is 6.66. The van der Waals surface area contributed by atoms with Crippen molar-refractivity contribution in [3.05, 3.63) is 51.7 Å². The molecule has 3 N–H and O–H groups in total. The first-order valence-corrected chi connectivity index (χ1v) is 9.26. The van der Waals surface area contributed by atoms with Crippen LogP contribution in [-0.4, -0.2) is 26.5 Å². The van der Waals surface area contributed by atoms with Gasteiger partial charge in [-0.15, -0.1) is 21.5 Å². The van der Waals surface area contributed by atoms with Gasteiger partial charge >= 0.3 is 0 Å². The van der Waals surface area contributed by atoms with Gasteiger partial charge in [0.15, 0.2) is 5.82 Å². The molecule has 0 unspecified atom stereocenters. The topological polar surface area (TPSA) is 85.8 Å². The number of hydrogen-bond donors (Lipinski definition) is 2. The Kier molecular flexibility index (Phi) is 5.39. The summed E-state index contributed by atoms with van der Waals surface area (Å²) in [5.41, 5.74) is 0.770. The minimum Gasteiger partial charge on any atom is -0.350 e. The van der Waals surface area contributed by atoms with Gasteiger partial charge < -0.3 is 11.2 Å². The minimum absolute atomic E-state index is 0.0827. The third-order valence-electron chi connectivity index (χ3n) is 3.12. The van der Waals surface area contributed by atoms with Crippen LogP contribution in [0.5, 0.6) is 0 Å². The number of halogens is 1. The number of hydrogen-bond acceptors (Lipinski definition) is 6. The summed E-state index contributed by atoms with van der Waals surface area (Å²) in [6.45, 7) is 0.528. The van der Waals surface area contributed by atoms with E-state index in [0.29, 0.717) is 22.5 Å². The molecule has 1 amide bonds. The Hall–Kier alpha value is -2.03. The summed E-state index contributed by atoms with van der Waals surface area (Å²) in [6, 6.07) is 11.1. The number of nitrogens with zero attached hydrogens (tertiary/aromatic N) is 3. The predicted molar refractivity (Wildman–Crippen MR) is 97.5 cm³/mol. The highest BCUT2D eigenvalue weighted by Crippen LogP contribution is 2.23. The maximum absolute atomic E-state index is 11.9. The summed E-state index contributed by atoms with van der Waals surface area (Å²) in [4.78, 5) is 13.0. The van der Waals surface area contributed by atoms with Crippen molar-refractivity contribution in [2.75, 3.05) is 11.6 Å². The third kappa shape index (κ3) is 4.08. The van der Waals surface area contributed by atoms with Gasteiger partial charge in [0.05, 0.1) is 12.3 Å². The molecule has 0 spiro atoms. The molecule has 0 aliphatic heterocycles. The molecule has 0 bridgehead atoms. The molecular formula is C15H14ClN5OS2. The van der Waals surface area contributed by atoms with Crippen LogP contribution in [0.4, 0.5) is 0 Å². The van der Waals surface area contributed by atoms with Crippen LogP contribution in [0.3, 0.4) is 0 Å². The lowest BCUT2D eigenvalue weighted by molar-refractivity contribution is -0.118. The first-order valence-electron chi connectivity index (χ1n) is 7.02. The largest absolute Gasteiger partial charge is 0.350 e. The lowest BCUT2D eigenvalue weighted by Gasteiger charge is -2.05. The van der Waals surface area contributed by atoms with Crippen LogP contribution in [0.25, 0.3) is 11.4 Å². The Morgan fingerprint density at radius 2 is 2.21 bits per heavy atom. The number of nitrogens with one attached hydrogen (secondary N) is 1. The maximum atomic E-state index is 11.9. The Bertz CT molecular complexity index is 834. The Labute approximate surface area is 152 Å². The van der Waals surface area contributed by atoms with E-state index >= 15 is 0 Å². The van der Waals surface area contributed by atoms with E-state index in [-0.39, 0.29) is 11.7 Å². The fourth-order valence-electron chi connectivity index (χ4n) is 1.98. The monoisotopic (exact) mass is 379 g/mol. The first kappa shape index (κ1) is 16.8. The number of thiophene rings is 1. The van der Waals surface area contributed by atoms with E-state index < -0.39 is 0 Å². The van der Waals surface area contributed by atoms with Crippen LogP contribution in [0.1, 0.15) is 4.88 Å². The molecule has 0 radical (unpaired) electrons. The molecule has 0 atom stereocenters. The SMILES string of the molecule is Nn1c(SCC(=O)NCc2cccs2)nnc1-c1cccc(Cl)c1. The second-order valence-electron chi connectivity index (χ2n) is 4.83.